The predicted octanol–water partition coefficient (Wildman–Crippen LogP) is 1.81. The second-order valence-electron chi connectivity index (χ2n) is 8.11. The molecule has 2 aliphatic heterocycles. The van der Waals surface area contributed by atoms with E-state index in [1.165, 1.54) is 36.1 Å². The van der Waals surface area contributed by atoms with E-state index >= 15 is 0 Å². The number of imide groups is 1. The first-order chi connectivity index (χ1) is 15.1. The van der Waals surface area contributed by atoms with Crippen molar-refractivity contribution in [2.75, 3.05) is 23.0 Å². The maximum Gasteiger partial charge on any atom is 0.325 e. The van der Waals surface area contributed by atoms with Crippen molar-refractivity contribution >= 4 is 33.4 Å². The first-order valence-corrected chi connectivity index (χ1v) is 11.9. The highest BCUT2D eigenvalue weighted by molar-refractivity contribution is 7.91. The number of halogens is 1. The van der Waals surface area contributed by atoms with Gasteiger partial charge in [0, 0.05) is 5.69 Å². The Morgan fingerprint density at radius 3 is 2.41 bits per heavy atom. The second kappa shape index (κ2) is 8.01. The molecular formula is C22H22FN3O5S. The van der Waals surface area contributed by atoms with Crippen molar-refractivity contribution in [2.45, 2.75) is 24.9 Å². The van der Waals surface area contributed by atoms with Gasteiger partial charge in [0.15, 0.2) is 9.84 Å². The third-order valence-electron chi connectivity index (χ3n) is 5.87. The summed E-state index contributed by atoms with van der Waals surface area (Å²) < 4.78 is 37.3. The molecule has 32 heavy (non-hydrogen) atoms. The van der Waals surface area contributed by atoms with Crippen LogP contribution in [0.2, 0.25) is 0 Å². The average molecular weight is 459 g/mol. The van der Waals surface area contributed by atoms with Crippen LogP contribution in [-0.2, 0) is 25.0 Å². The molecule has 4 rings (SSSR count). The van der Waals surface area contributed by atoms with E-state index in [4.69, 9.17) is 0 Å². The van der Waals surface area contributed by atoms with Gasteiger partial charge in [0.1, 0.15) is 17.9 Å². The van der Waals surface area contributed by atoms with Crippen LogP contribution in [0.5, 0.6) is 0 Å². The molecular weight excluding hydrogens is 437 g/mol. The Morgan fingerprint density at radius 1 is 1.16 bits per heavy atom. The molecule has 2 aromatic carbocycles. The number of hydrogen-bond donors (Lipinski definition) is 1. The standard InChI is InChI=1S/C22H22FN3O5S/c1-22(15-7-9-16(23)10-8-15)20(28)25(21(29)24-22)13-19(27)26(17-5-3-2-4-6-17)18-11-12-32(30,31)14-18/h2-10,18H,11-14H2,1H3,(H,24,29)/t18-,22+/m1/s1. The van der Waals surface area contributed by atoms with Gasteiger partial charge in [0.2, 0.25) is 5.91 Å². The van der Waals surface area contributed by atoms with E-state index in [0.717, 1.165) is 4.90 Å². The quantitative estimate of drug-likeness (QED) is 0.687. The van der Waals surface area contributed by atoms with E-state index < -0.39 is 51.6 Å². The van der Waals surface area contributed by atoms with Crippen molar-refractivity contribution in [1.29, 1.82) is 0 Å². The molecule has 8 nitrogen and oxygen atoms in total. The first-order valence-electron chi connectivity index (χ1n) is 10.1. The number of carbonyl (C=O) groups is 3. The van der Waals surface area contributed by atoms with E-state index in [1.807, 2.05) is 0 Å². The number of rotatable bonds is 5. The summed E-state index contributed by atoms with van der Waals surface area (Å²) in [6, 6.07) is 12.4. The van der Waals surface area contributed by atoms with Crippen LogP contribution in [0.1, 0.15) is 18.9 Å². The van der Waals surface area contributed by atoms with Crippen molar-refractivity contribution in [3.8, 4) is 0 Å². The zero-order valence-corrected chi connectivity index (χ0v) is 18.1. The van der Waals surface area contributed by atoms with Crippen molar-refractivity contribution < 1.29 is 27.2 Å². The van der Waals surface area contributed by atoms with Gasteiger partial charge >= 0.3 is 6.03 Å². The van der Waals surface area contributed by atoms with E-state index in [-0.39, 0.29) is 17.9 Å². The van der Waals surface area contributed by atoms with Gasteiger partial charge in [-0.15, -0.1) is 0 Å². The predicted molar refractivity (Wildman–Crippen MR) is 115 cm³/mol. The van der Waals surface area contributed by atoms with Crippen molar-refractivity contribution in [1.82, 2.24) is 10.2 Å². The van der Waals surface area contributed by atoms with Crippen molar-refractivity contribution in [3.05, 3.63) is 66.0 Å². The fraction of sp³-hybridized carbons (Fsp3) is 0.318. The van der Waals surface area contributed by atoms with E-state index in [1.54, 1.807) is 30.3 Å². The van der Waals surface area contributed by atoms with Crippen molar-refractivity contribution in [3.63, 3.8) is 0 Å². The summed E-state index contributed by atoms with van der Waals surface area (Å²) in [6.07, 6.45) is 0.274. The van der Waals surface area contributed by atoms with Crippen molar-refractivity contribution in [2.24, 2.45) is 0 Å². The topological polar surface area (TPSA) is 104 Å². The summed E-state index contributed by atoms with van der Waals surface area (Å²) in [5, 5.41) is 2.58. The minimum absolute atomic E-state index is 0.0277. The lowest BCUT2D eigenvalue weighted by Crippen LogP contribution is -2.48. The molecule has 0 radical (unpaired) electrons. The Morgan fingerprint density at radius 2 is 1.81 bits per heavy atom. The molecule has 2 fully saturated rings. The van der Waals surface area contributed by atoms with Crippen LogP contribution in [-0.4, -0.2) is 55.3 Å². The number of carbonyl (C=O) groups excluding carboxylic acids is 3. The third kappa shape index (κ3) is 3.97. The Bertz CT molecular complexity index is 1170. The fourth-order valence-electron chi connectivity index (χ4n) is 4.16. The number of amides is 4. The number of nitrogens with zero attached hydrogens (tertiary/aromatic N) is 2. The SMILES string of the molecule is C[C@@]1(c2ccc(F)cc2)NC(=O)N(CC(=O)N(c2ccccc2)[C@@H]2CCS(=O)(=O)C2)C1=O. The van der Waals surface area contributed by atoms with Crippen LogP contribution in [0.25, 0.3) is 0 Å². The number of sulfone groups is 1. The summed E-state index contributed by atoms with van der Waals surface area (Å²) >= 11 is 0. The molecule has 10 heteroatoms. The summed E-state index contributed by atoms with van der Waals surface area (Å²) in [5.41, 5.74) is -0.568. The van der Waals surface area contributed by atoms with Gasteiger partial charge in [-0.3, -0.25) is 14.5 Å². The largest absolute Gasteiger partial charge is 0.325 e. The number of nitrogens with one attached hydrogen (secondary N) is 1. The number of para-hydroxylation sites is 1. The molecule has 168 valence electrons. The number of benzene rings is 2. The lowest BCUT2D eigenvalue weighted by Gasteiger charge is -2.30. The molecule has 2 saturated heterocycles. The van der Waals surface area contributed by atoms with E-state index in [0.29, 0.717) is 11.3 Å². The van der Waals surface area contributed by atoms with Crippen LogP contribution in [0.4, 0.5) is 14.9 Å². The second-order valence-corrected chi connectivity index (χ2v) is 10.3. The highest BCUT2D eigenvalue weighted by atomic mass is 32.2. The molecule has 0 aliphatic carbocycles. The van der Waals surface area contributed by atoms with Gasteiger partial charge in [-0.05, 0) is 43.2 Å². The van der Waals surface area contributed by atoms with Crippen LogP contribution < -0.4 is 10.2 Å². The highest BCUT2D eigenvalue weighted by Gasteiger charge is 2.50. The van der Waals surface area contributed by atoms with Gasteiger partial charge in [0.25, 0.3) is 5.91 Å². The molecule has 0 bridgehead atoms. The highest BCUT2D eigenvalue weighted by Crippen LogP contribution is 2.30. The first kappa shape index (κ1) is 21.9. The van der Waals surface area contributed by atoms with Crippen LogP contribution in [0, 0.1) is 5.82 Å². The fourth-order valence-corrected chi connectivity index (χ4v) is 5.86. The molecule has 4 amide bonds. The number of anilines is 1. The molecule has 2 atom stereocenters. The molecule has 0 unspecified atom stereocenters. The maximum absolute atomic E-state index is 13.3. The zero-order chi connectivity index (χ0) is 23.1. The molecule has 2 heterocycles. The van der Waals surface area contributed by atoms with Crippen LogP contribution in [0.15, 0.2) is 54.6 Å². The number of urea groups is 1. The van der Waals surface area contributed by atoms with Gasteiger partial charge < -0.3 is 10.2 Å². The lowest BCUT2D eigenvalue weighted by molar-refractivity contribution is -0.134. The molecule has 0 aromatic heterocycles. The normalized spacial score (nSPS) is 24.4. The summed E-state index contributed by atoms with van der Waals surface area (Å²) in [5.74, 6) is -1.90. The summed E-state index contributed by atoms with van der Waals surface area (Å²) in [7, 11) is -3.27. The maximum atomic E-state index is 13.3. The smallest absolute Gasteiger partial charge is 0.319 e. The Labute approximate surface area is 184 Å². The Kier molecular flexibility index (Phi) is 5.49. The van der Waals surface area contributed by atoms with Crippen LogP contribution in [0.3, 0.4) is 0 Å². The average Bonchev–Trinajstić information content (AvgIpc) is 3.21. The molecule has 1 N–H and O–H groups in total. The van der Waals surface area contributed by atoms with Gasteiger partial charge in [-0.25, -0.2) is 17.6 Å². The Balaban J connectivity index is 1.60. The Hall–Kier alpha value is -3.27. The summed E-state index contributed by atoms with van der Waals surface area (Å²) in [6.45, 7) is 0.941. The minimum atomic E-state index is -3.27. The third-order valence-corrected chi connectivity index (χ3v) is 7.62. The molecule has 0 saturated carbocycles. The zero-order valence-electron chi connectivity index (χ0n) is 17.3. The van der Waals surface area contributed by atoms with Crippen LogP contribution >= 0.6 is 0 Å². The lowest BCUT2D eigenvalue weighted by atomic mass is 9.92. The minimum Gasteiger partial charge on any atom is -0.319 e. The van der Waals surface area contributed by atoms with E-state index in [9.17, 15) is 27.2 Å². The van der Waals surface area contributed by atoms with Gasteiger partial charge in [0.05, 0.1) is 17.5 Å². The monoisotopic (exact) mass is 459 g/mol. The number of hydrogen-bond acceptors (Lipinski definition) is 5. The molecule has 0 spiro atoms. The summed E-state index contributed by atoms with van der Waals surface area (Å²) in [4.78, 5) is 41.2. The van der Waals surface area contributed by atoms with Gasteiger partial charge in [-0.1, -0.05) is 30.3 Å². The molecule has 2 aliphatic rings. The molecule has 2 aromatic rings. The van der Waals surface area contributed by atoms with E-state index in [2.05, 4.69) is 5.32 Å². The van der Waals surface area contributed by atoms with Gasteiger partial charge in [-0.2, -0.15) is 0 Å².